The minimum Gasteiger partial charge on any atom is -0.462 e. The Hall–Kier alpha value is -2.40. The number of aliphatic hydroxyl groups excluding tert-OH is 2. The predicted octanol–water partition coefficient (Wildman–Crippen LogP) is 13.1. The van der Waals surface area contributed by atoms with E-state index < -0.39 is 58.4 Å². The molecule has 0 aliphatic rings. The fourth-order valence-electron chi connectivity index (χ4n) is 6.75. The van der Waals surface area contributed by atoms with Gasteiger partial charge < -0.3 is 24.6 Å². The van der Waals surface area contributed by atoms with Crippen LogP contribution in [0.25, 0.3) is 0 Å². The van der Waals surface area contributed by atoms with Crippen molar-refractivity contribution in [2.75, 3.05) is 26.4 Å². The highest BCUT2D eigenvalue weighted by molar-refractivity contribution is 7.47. The lowest BCUT2D eigenvalue weighted by Crippen LogP contribution is -2.29. The third-order valence-electron chi connectivity index (χ3n) is 11.0. The van der Waals surface area contributed by atoms with Gasteiger partial charge in [0, 0.05) is 19.3 Å². The Labute approximate surface area is 383 Å². The van der Waals surface area contributed by atoms with Gasteiger partial charge in [0.15, 0.2) is 11.9 Å². The van der Waals surface area contributed by atoms with E-state index in [1.165, 1.54) is 128 Å². The lowest BCUT2D eigenvalue weighted by atomic mass is 9.99. The molecular weight excluding hydrogens is 820 g/mol. The molecule has 0 saturated heterocycles. The van der Waals surface area contributed by atoms with Gasteiger partial charge in [0.05, 0.1) is 19.8 Å². The van der Waals surface area contributed by atoms with Gasteiger partial charge in [-0.15, -0.1) is 0 Å². The van der Waals surface area contributed by atoms with Crippen LogP contribution in [0.2, 0.25) is 0 Å². The van der Waals surface area contributed by atoms with E-state index >= 15 is 0 Å². The lowest BCUT2D eigenvalue weighted by molar-refractivity contribution is -0.161. The van der Waals surface area contributed by atoms with Crippen LogP contribution in [-0.2, 0) is 37.5 Å². The van der Waals surface area contributed by atoms with Crippen LogP contribution in [0.5, 0.6) is 0 Å². The summed E-state index contributed by atoms with van der Waals surface area (Å²) in [6.07, 6.45) is 45.1. The molecule has 63 heavy (non-hydrogen) atoms. The maximum absolute atomic E-state index is 12.7. The van der Waals surface area contributed by atoms with Crippen molar-refractivity contribution in [2.45, 2.75) is 226 Å². The van der Waals surface area contributed by atoms with Crippen LogP contribution in [-0.4, -0.2) is 71.5 Å². The second-order valence-electron chi connectivity index (χ2n) is 17.1. The third kappa shape index (κ3) is 44.6. The molecule has 0 bridgehead atoms. The lowest BCUT2D eigenvalue weighted by Gasteiger charge is -2.20. The summed E-state index contributed by atoms with van der Waals surface area (Å²) in [5, 5.41) is 18.4. The number of carbonyl (C=O) groups is 3. The van der Waals surface area contributed by atoms with E-state index in [-0.39, 0.29) is 31.5 Å². The number of aliphatic hydroxyl groups is 2. The van der Waals surface area contributed by atoms with Gasteiger partial charge >= 0.3 is 19.8 Å². The second kappa shape index (κ2) is 44.8. The molecule has 366 valence electrons. The molecule has 0 saturated carbocycles. The molecule has 0 fully saturated rings. The summed E-state index contributed by atoms with van der Waals surface area (Å²) in [5.74, 6) is -0.417. The number of phosphoric ester groups is 1. The van der Waals surface area contributed by atoms with E-state index in [1.807, 2.05) is 12.2 Å². The maximum Gasteiger partial charge on any atom is 0.472 e. The molecule has 0 heterocycles. The fraction of sp³-hybridized carbons (Fsp3) is 0.784. The second-order valence-corrected chi connectivity index (χ2v) is 18.6. The minimum atomic E-state index is -4.68. The first kappa shape index (κ1) is 60.6. The highest BCUT2D eigenvalue weighted by Crippen LogP contribution is 2.43. The van der Waals surface area contributed by atoms with Crippen LogP contribution < -0.4 is 0 Å². The smallest absolute Gasteiger partial charge is 0.462 e. The number of rotatable bonds is 46. The van der Waals surface area contributed by atoms with Gasteiger partial charge in [0.2, 0.25) is 0 Å². The minimum absolute atomic E-state index is 0.0471. The topological polar surface area (TPSA) is 166 Å². The van der Waals surface area contributed by atoms with Crippen molar-refractivity contribution in [3.05, 3.63) is 48.6 Å². The summed E-state index contributed by atoms with van der Waals surface area (Å²) >= 11 is 0. The molecule has 0 rings (SSSR count). The first-order valence-electron chi connectivity index (χ1n) is 24.9. The highest BCUT2D eigenvalue weighted by Gasteiger charge is 2.27. The van der Waals surface area contributed by atoms with Crippen molar-refractivity contribution in [2.24, 2.45) is 5.92 Å². The molecule has 0 spiro atoms. The number of unbranched alkanes of at least 4 members (excludes halogenated alkanes) is 20. The Bertz CT molecular complexity index is 1260. The summed E-state index contributed by atoms with van der Waals surface area (Å²) in [6.45, 7) is 4.49. The predicted molar refractivity (Wildman–Crippen MR) is 256 cm³/mol. The largest absolute Gasteiger partial charge is 0.472 e. The first-order valence-corrected chi connectivity index (χ1v) is 26.4. The Morgan fingerprint density at radius 2 is 1.11 bits per heavy atom. The van der Waals surface area contributed by atoms with Crippen LogP contribution in [0, 0.1) is 5.92 Å². The van der Waals surface area contributed by atoms with Crippen molar-refractivity contribution in [1.82, 2.24) is 0 Å². The van der Waals surface area contributed by atoms with Gasteiger partial charge in [-0.05, 0) is 50.5 Å². The van der Waals surface area contributed by atoms with Crippen molar-refractivity contribution in [3.63, 3.8) is 0 Å². The summed E-state index contributed by atoms with van der Waals surface area (Å²) < 4.78 is 32.6. The number of ether oxygens (including phenoxy) is 2. The van der Waals surface area contributed by atoms with Gasteiger partial charge in [-0.3, -0.25) is 23.4 Å². The molecule has 0 amide bonds. The maximum atomic E-state index is 12.7. The zero-order valence-corrected chi connectivity index (χ0v) is 40.8. The SMILES string of the molecule is CCCCC/C=C\C/C=C\C/C=C\C=C\C(=O)CCCC(=O)OC[C@H](COP(=O)(O)OC[C@@H](O)CO)OC(=O)CCCCCCCCCCCCCCCCCCCCC(C)CC. The molecule has 3 N–H and O–H groups in total. The van der Waals surface area contributed by atoms with E-state index in [9.17, 15) is 28.9 Å². The molecule has 4 atom stereocenters. The van der Waals surface area contributed by atoms with Crippen molar-refractivity contribution >= 4 is 25.5 Å². The molecule has 0 radical (unpaired) electrons. The fourth-order valence-corrected chi connectivity index (χ4v) is 7.54. The van der Waals surface area contributed by atoms with E-state index in [1.54, 1.807) is 6.08 Å². The van der Waals surface area contributed by atoms with Gasteiger partial charge in [-0.1, -0.05) is 198 Å². The number of phosphoric acid groups is 1. The van der Waals surface area contributed by atoms with Crippen LogP contribution in [0.1, 0.15) is 213 Å². The van der Waals surface area contributed by atoms with E-state index in [2.05, 4.69) is 49.6 Å². The van der Waals surface area contributed by atoms with E-state index in [4.69, 9.17) is 19.1 Å². The van der Waals surface area contributed by atoms with Crippen molar-refractivity contribution in [3.8, 4) is 0 Å². The number of esters is 2. The Balaban J connectivity index is 4.33. The molecule has 0 aliphatic carbocycles. The van der Waals surface area contributed by atoms with Gasteiger partial charge in [-0.2, -0.15) is 0 Å². The molecule has 0 aliphatic heterocycles. The Kier molecular flexibility index (Phi) is 43.1. The Morgan fingerprint density at radius 1 is 0.587 bits per heavy atom. The quantitative estimate of drug-likeness (QED) is 0.0133. The van der Waals surface area contributed by atoms with Crippen LogP contribution in [0.4, 0.5) is 0 Å². The number of ketones is 1. The van der Waals surface area contributed by atoms with Crippen molar-refractivity contribution < 1.29 is 52.6 Å². The van der Waals surface area contributed by atoms with Crippen molar-refractivity contribution in [1.29, 1.82) is 0 Å². The molecule has 2 unspecified atom stereocenters. The molecule has 0 aromatic heterocycles. The number of hydrogen-bond acceptors (Lipinski definition) is 10. The van der Waals surface area contributed by atoms with E-state index in [0.29, 0.717) is 6.42 Å². The molecule has 12 heteroatoms. The third-order valence-corrected chi connectivity index (χ3v) is 12.0. The molecular formula is C51H91O11P. The normalized spacial score (nSPS) is 14.5. The zero-order valence-electron chi connectivity index (χ0n) is 39.9. The molecule has 11 nitrogen and oxygen atoms in total. The van der Waals surface area contributed by atoms with E-state index in [0.717, 1.165) is 44.4 Å². The van der Waals surface area contributed by atoms with Gasteiger partial charge in [-0.25, -0.2) is 4.57 Å². The van der Waals surface area contributed by atoms with Crippen LogP contribution in [0.3, 0.4) is 0 Å². The Morgan fingerprint density at radius 3 is 1.68 bits per heavy atom. The summed E-state index contributed by atoms with van der Waals surface area (Å²) in [5.41, 5.74) is 0. The number of hydrogen-bond donors (Lipinski definition) is 3. The highest BCUT2D eigenvalue weighted by atomic mass is 31.2. The first-order chi connectivity index (χ1) is 30.5. The number of carbonyl (C=O) groups excluding carboxylic acids is 3. The zero-order chi connectivity index (χ0) is 46.5. The summed E-state index contributed by atoms with van der Waals surface area (Å²) in [4.78, 5) is 47.3. The molecule has 0 aromatic rings. The molecule has 0 aromatic carbocycles. The number of allylic oxidation sites excluding steroid dienone is 8. The summed E-state index contributed by atoms with van der Waals surface area (Å²) in [7, 11) is -4.68. The standard InChI is InChI=1S/C51H91O11P/c1-4-6-7-8-9-10-11-18-22-25-28-31-34-38-47(53)39-36-41-50(55)59-44-49(45-61-63(57,58)60-43-48(54)42-52)62-51(56)40-35-32-29-26-23-20-17-15-13-12-14-16-19-21-24-27-30-33-37-46(3)5-2/h9-10,18,22,28,31,34,38,46,48-49,52,54H,4-8,11-17,19-21,23-27,29-30,32-33,35-37,39-45H2,1-3H3,(H,57,58)/b10-9-,22-18-,31-28-,38-34+/t46?,48-,49+/m0/s1. The summed E-state index contributed by atoms with van der Waals surface area (Å²) in [6, 6.07) is 0. The van der Waals surface area contributed by atoms with Crippen LogP contribution in [0.15, 0.2) is 48.6 Å². The monoisotopic (exact) mass is 911 g/mol. The van der Waals surface area contributed by atoms with Crippen LogP contribution >= 0.6 is 7.82 Å². The van der Waals surface area contributed by atoms with Gasteiger partial charge in [0.1, 0.15) is 12.7 Å². The average molecular weight is 911 g/mol. The van der Waals surface area contributed by atoms with Gasteiger partial charge in [0.25, 0.3) is 0 Å². The average Bonchev–Trinajstić information content (AvgIpc) is 3.27.